The summed E-state index contributed by atoms with van der Waals surface area (Å²) in [5.74, 6) is -0.217. The number of hydrogen-bond donors (Lipinski definition) is 1. The Morgan fingerprint density at radius 3 is 2.19 bits per heavy atom. The van der Waals surface area contributed by atoms with Gasteiger partial charge >= 0.3 is 6.18 Å². The van der Waals surface area contributed by atoms with Crippen LogP contribution in [-0.2, 0) is 12.8 Å². The van der Waals surface area contributed by atoms with Crippen molar-refractivity contribution in [1.82, 2.24) is 0 Å². The van der Waals surface area contributed by atoms with Crippen molar-refractivity contribution in [2.75, 3.05) is 5.73 Å². The number of ether oxygens (including phenoxy) is 1. The quantitative estimate of drug-likeness (QED) is 0.818. The van der Waals surface area contributed by atoms with Gasteiger partial charge in [-0.2, -0.15) is 13.2 Å². The molecule has 0 unspecified atom stereocenters. The molecule has 2 rings (SSSR count). The van der Waals surface area contributed by atoms with Gasteiger partial charge in [0.2, 0.25) is 0 Å². The van der Waals surface area contributed by atoms with Crippen molar-refractivity contribution < 1.29 is 17.9 Å². The van der Waals surface area contributed by atoms with Crippen LogP contribution >= 0.6 is 0 Å². The fraction of sp³-hybridized carbons (Fsp3) is 0.250. The Bertz CT molecular complexity index is 553. The molecule has 5 heteroatoms. The minimum atomic E-state index is -4.48. The molecule has 0 atom stereocenters. The van der Waals surface area contributed by atoms with E-state index in [1.54, 1.807) is 24.3 Å². The van der Waals surface area contributed by atoms with E-state index in [4.69, 9.17) is 10.5 Å². The molecule has 2 nitrogen and oxygen atoms in total. The van der Waals surface area contributed by atoms with Crippen LogP contribution in [0.4, 0.5) is 18.9 Å². The molecule has 0 saturated heterocycles. The average Bonchev–Trinajstić information content (AvgIpc) is 2.48. The van der Waals surface area contributed by atoms with Crippen molar-refractivity contribution in [3.8, 4) is 5.75 Å². The Hall–Kier alpha value is -2.17. The summed E-state index contributed by atoms with van der Waals surface area (Å²) in [7, 11) is 0. The third-order valence-corrected chi connectivity index (χ3v) is 2.55. The molecular weight excluding hydrogens is 279 g/mol. The predicted molar refractivity (Wildman–Crippen MR) is 78.0 cm³/mol. The van der Waals surface area contributed by atoms with E-state index < -0.39 is 11.7 Å². The first kappa shape index (κ1) is 16.9. The Kier molecular flexibility index (Phi) is 6.09. The van der Waals surface area contributed by atoms with Crippen molar-refractivity contribution >= 4 is 5.69 Å². The van der Waals surface area contributed by atoms with Gasteiger partial charge in [-0.3, -0.25) is 0 Å². The lowest BCUT2D eigenvalue weighted by Crippen LogP contribution is -2.09. The van der Waals surface area contributed by atoms with Gasteiger partial charge in [-0.05, 0) is 23.8 Å². The van der Waals surface area contributed by atoms with Gasteiger partial charge in [-0.25, -0.2) is 0 Å². The summed E-state index contributed by atoms with van der Waals surface area (Å²) in [6.45, 7) is 4.08. The van der Waals surface area contributed by atoms with E-state index in [0.717, 1.165) is 11.6 Å². The van der Waals surface area contributed by atoms with Crippen LogP contribution in [0.15, 0.2) is 48.5 Å². The maximum atomic E-state index is 12.8. The van der Waals surface area contributed by atoms with Gasteiger partial charge < -0.3 is 10.5 Å². The summed E-state index contributed by atoms with van der Waals surface area (Å²) in [5.41, 5.74) is 5.37. The molecule has 0 radical (unpaired) electrons. The highest BCUT2D eigenvalue weighted by Crippen LogP contribution is 2.37. The van der Waals surface area contributed by atoms with Crippen LogP contribution in [-0.4, -0.2) is 0 Å². The highest BCUT2D eigenvalue weighted by molar-refractivity contribution is 5.49. The third-order valence-electron chi connectivity index (χ3n) is 2.55. The highest BCUT2D eigenvalue weighted by atomic mass is 19.4. The molecule has 21 heavy (non-hydrogen) atoms. The Morgan fingerprint density at radius 2 is 1.62 bits per heavy atom. The van der Waals surface area contributed by atoms with Crippen molar-refractivity contribution in [2.24, 2.45) is 0 Å². The molecule has 0 aliphatic heterocycles. The van der Waals surface area contributed by atoms with Crippen LogP contribution in [0.1, 0.15) is 25.0 Å². The van der Waals surface area contributed by atoms with Crippen molar-refractivity contribution in [3.63, 3.8) is 0 Å². The van der Waals surface area contributed by atoms with E-state index in [0.29, 0.717) is 0 Å². The van der Waals surface area contributed by atoms with Crippen LogP contribution in [0, 0.1) is 0 Å². The van der Waals surface area contributed by atoms with Gasteiger partial charge in [0.15, 0.2) is 0 Å². The molecule has 0 saturated carbocycles. The Balaban J connectivity index is 0.00000106. The second-order valence-corrected chi connectivity index (χ2v) is 4.03. The zero-order valence-corrected chi connectivity index (χ0v) is 11.9. The fourth-order valence-electron chi connectivity index (χ4n) is 1.63. The van der Waals surface area contributed by atoms with Gasteiger partial charge in [0.25, 0.3) is 0 Å². The zero-order valence-electron chi connectivity index (χ0n) is 11.9. The van der Waals surface area contributed by atoms with E-state index in [2.05, 4.69) is 0 Å². The summed E-state index contributed by atoms with van der Waals surface area (Å²) >= 11 is 0. The van der Waals surface area contributed by atoms with Gasteiger partial charge in [0.1, 0.15) is 12.4 Å². The molecule has 114 valence electrons. The van der Waals surface area contributed by atoms with E-state index in [1.807, 2.05) is 19.9 Å². The summed E-state index contributed by atoms with van der Waals surface area (Å²) in [6.07, 6.45) is -4.48. The Labute approximate surface area is 122 Å². The minimum Gasteiger partial charge on any atom is -0.488 e. The molecule has 0 amide bonds. The lowest BCUT2D eigenvalue weighted by Gasteiger charge is -2.14. The second kappa shape index (κ2) is 7.57. The van der Waals surface area contributed by atoms with E-state index >= 15 is 0 Å². The van der Waals surface area contributed by atoms with Gasteiger partial charge in [-0.1, -0.05) is 44.2 Å². The number of hydrogen-bond acceptors (Lipinski definition) is 2. The maximum Gasteiger partial charge on any atom is 0.420 e. The predicted octanol–water partition coefficient (Wildman–Crippen LogP) is 4.89. The summed E-state index contributed by atoms with van der Waals surface area (Å²) in [5, 5.41) is 0. The summed E-state index contributed by atoms with van der Waals surface area (Å²) in [4.78, 5) is 0. The topological polar surface area (TPSA) is 35.2 Å². The molecule has 0 aliphatic carbocycles. The summed E-state index contributed by atoms with van der Waals surface area (Å²) < 4.78 is 43.7. The smallest absolute Gasteiger partial charge is 0.420 e. The molecule has 0 bridgehead atoms. The number of halogens is 3. The van der Waals surface area contributed by atoms with Gasteiger partial charge in [0.05, 0.1) is 5.56 Å². The van der Waals surface area contributed by atoms with Crippen LogP contribution in [0.2, 0.25) is 0 Å². The number of rotatable bonds is 3. The number of benzene rings is 2. The largest absolute Gasteiger partial charge is 0.488 e. The third kappa shape index (κ3) is 5.02. The lowest BCUT2D eigenvalue weighted by atomic mass is 10.1. The van der Waals surface area contributed by atoms with Crippen molar-refractivity contribution in [3.05, 3.63) is 59.7 Å². The first-order valence-electron chi connectivity index (χ1n) is 6.60. The summed E-state index contributed by atoms with van der Waals surface area (Å²) in [6, 6.07) is 12.5. The lowest BCUT2D eigenvalue weighted by molar-refractivity contribution is -0.139. The monoisotopic (exact) mass is 297 g/mol. The van der Waals surface area contributed by atoms with Crippen molar-refractivity contribution in [1.29, 1.82) is 0 Å². The normalized spacial score (nSPS) is 10.5. The molecule has 0 aliphatic rings. The molecule has 2 aromatic carbocycles. The fourth-order valence-corrected chi connectivity index (χ4v) is 1.63. The van der Waals surface area contributed by atoms with Crippen LogP contribution in [0.25, 0.3) is 0 Å². The molecule has 0 aromatic heterocycles. The minimum absolute atomic E-state index is 0.0550. The maximum absolute atomic E-state index is 12.8. The highest BCUT2D eigenvalue weighted by Gasteiger charge is 2.34. The SMILES string of the molecule is CC.Nc1ccc(OCc2ccccc2)c(C(F)(F)F)c1. The average molecular weight is 297 g/mol. The number of anilines is 1. The van der Waals surface area contributed by atoms with Gasteiger partial charge in [0, 0.05) is 5.69 Å². The van der Waals surface area contributed by atoms with Crippen molar-refractivity contribution in [2.45, 2.75) is 26.6 Å². The van der Waals surface area contributed by atoms with Crippen LogP contribution in [0.5, 0.6) is 5.75 Å². The van der Waals surface area contributed by atoms with E-state index in [1.165, 1.54) is 12.1 Å². The zero-order chi connectivity index (χ0) is 15.9. The molecule has 2 aromatic rings. The first-order chi connectivity index (χ1) is 9.97. The molecule has 0 spiro atoms. The number of nitrogens with two attached hydrogens (primary N) is 1. The number of nitrogen functional groups attached to an aromatic ring is 1. The van der Waals surface area contributed by atoms with Crippen LogP contribution in [0.3, 0.4) is 0 Å². The van der Waals surface area contributed by atoms with E-state index in [9.17, 15) is 13.2 Å². The molecule has 0 fully saturated rings. The van der Waals surface area contributed by atoms with Gasteiger partial charge in [-0.15, -0.1) is 0 Å². The molecular formula is C16H18F3NO. The van der Waals surface area contributed by atoms with E-state index in [-0.39, 0.29) is 18.0 Å². The first-order valence-corrected chi connectivity index (χ1v) is 6.60. The van der Waals surface area contributed by atoms with Crippen LogP contribution < -0.4 is 10.5 Å². The molecule has 2 N–H and O–H groups in total. The standard InChI is InChI=1S/C14H12F3NO.C2H6/c15-14(16,17)12-8-11(18)6-7-13(12)19-9-10-4-2-1-3-5-10;1-2/h1-8H,9,18H2;1-2H3. The second-order valence-electron chi connectivity index (χ2n) is 4.03. The molecule has 0 heterocycles. The number of alkyl halides is 3. The Morgan fingerprint density at radius 1 is 1.00 bits per heavy atom.